The molecule has 0 aromatic carbocycles. The molecule has 0 bridgehead atoms. The van der Waals surface area contributed by atoms with Gasteiger partial charge in [0.2, 0.25) is 0 Å². The number of hydrogen-bond donors (Lipinski definition) is 2. The second kappa shape index (κ2) is 18.3. The molecule has 26 heavy (non-hydrogen) atoms. The molecule has 0 aromatic rings. The fourth-order valence-electron chi connectivity index (χ4n) is 2.52. The van der Waals surface area contributed by atoms with Crippen LogP contribution in [0.4, 0.5) is 0 Å². The molecule has 1 fully saturated rings. The number of nitrogens with zero attached hydrogens (tertiary/aromatic N) is 1. The van der Waals surface area contributed by atoms with E-state index in [0.29, 0.717) is 18.4 Å². The smallest absolute Gasteiger partial charge is 0.191 e. The molecule has 0 aliphatic carbocycles. The fourth-order valence-corrected chi connectivity index (χ4v) is 2.52. The third kappa shape index (κ3) is 15.0. The molecule has 0 radical (unpaired) electrons. The van der Waals surface area contributed by atoms with Crippen LogP contribution < -0.4 is 10.6 Å². The van der Waals surface area contributed by atoms with Crippen LogP contribution in [-0.2, 0) is 14.2 Å². The van der Waals surface area contributed by atoms with E-state index >= 15 is 0 Å². The molecule has 0 atom stereocenters. The van der Waals surface area contributed by atoms with Gasteiger partial charge in [0.05, 0.1) is 6.61 Å². The molecule has 0 amide bonds. The van der Waals surface area contributed by atoms with Crippen molar-refractivity contribution in [3.05, 3.63) is 0 Å². The summed E-state index contributed by atoms with van der Waals surface area (Å²) in [6.45, 7) is 13.9. The number of hydrogen-bond acceptors (Lipinski definition) is 4. The van der Waals surface area contributed by atoms with Crippen molar-refractivity contribution in [2.45, 2.75) is 46.5 Å². The Morgan fingerprint density at radius 2 is 1.88 bits per heavy atom. The zero-order valence-electron chi connectivity index (χ0n) is 16.9. The largest absolute Gasteiger partial charge is 0.381 e. The summed E-state index contributed by atoms with van der Waals surface area (Å²) in [5.41, 5.74) is 0. The first-order valence-electron chi connectivity index (χ1n) is 9.97. The van der Waals surface area contributed by atoms with Gasteiger partial charge in [-0.2, -0.15) is 0 Å². The lowest BCUT2D eigenvalue weighted by Crippen LogP contribution is -2.39. The predicted molar refractivity (Wildman–Crippen MR) is 119 cm³/mol. The van der Waals surface area contributed by atoms with Crippen molar-refractivity contribution in [2.24, 2.45) is 16.8 Å². The first-order valence-corrected chi connectivity index (χ1v) is 9.97. The molecular weight excluding hydrogens is 445 g/mol. The van der Waals surface area contributed by atoms with Gasteiger partial charge in [-0.05, 0) is 44.4 Å². The van der Waals surface area contributed by atoms with Gasteiger partial charge < -0.3 is 24.8 Å². The maximum Gasteiger partial charge on any atom is 0.191 e. The number of rotatable bonds is 13. The fraction of sp³-hybridized carbons (Fsp3) is 0.947. The molecule has 1 aliphatic heterocycles. The third-order valence-corrected chi connectivity index (χ3v) is 4.13. The van der Waals surface area contributed by atoms with Crippen LogP contribution in [-0.4, -0.2) is 65.2 Å². The van der Waals surface area contributed by atoms with E-state index in [-0.39, 0.29) is 24.0 Å². The Kier molecular flexibility index (Phi) is 18.2. The van der Waals surface area contributed by atoms with E-state index in [1.807, 2.05) is 0 Å². The Bertz CT molecular complexity index is 338. The SMILES string of the molecule is CCNC(=NCCCOCC1CCOCC1)NCCOCCC(C)C.I. The summed E-state index contributed by atoms with van der Waals surface area (Å²) in [5.74, 6) is 2.23. The maximum absolute atomic E-state index is 5.77. The van der Waals surface area contributed by atoms with Crippen LogP contribution in [0.3, 0.4) is 0 Å². The first kappa shape index (κ1) is 25.9. The van der Waals surface area contributed by atoms with Crippen LogP contribution >= 0.6 is 24.0 Å². The average Bonchev–Trinajstić information content (AvgIpc) is 2.61. The second-order valence-electron chi connectivity index (χ2n) is 6.97. The number of nitrogens with one attached hydrogen (secondary N) is 2. The van der Waals surface area contributed by atoms with Gasteiger partial charge in [-0.1, -0.05) is 13.8 Å². The Hall–Kier alpha value is -0.120. The van der Waals surface area contributed by atoms with Crippen LogP contribution in [0.2, 0.25) is 0 Å². The Morgan fingerprint density at radius 1 is 1.12 bits per heavy atom. The summed E-state index contributed by atoms with van der Waals surface area (Å²) in [7, 11) is 0. The van der Waals surface area contributed by atoms with E-state index in [2.05, 4.69) is 36.4 Å². The van der Waals surface area contributed by atoms with Crippen LogP contribution in [0, 0.1) is 11.8 Å². The molecule has 1 heterocycles. The molecule has 0 unspecified atom stereocenters. The van der Waals surface area contributed by atoms with Crippen LogP contribution in [0.15, 0.2) is 4.99 Å². The quantitative estimate of drug-likeness (QED) is 0.182. The molecule has 1 rings (SSSR count). The lowest BCUT2D eigenvalue weighted by atomic mass is 10.0. The molecule has 7 heteroatoms. The predicted octanol–water partition coefficient (Wildman–Crippen LogP) is 3.06. The molecule has 0 aromatic heterocycles. The summed E-state index contributed by atoms with van der Waals surface area (Å²) < 4.78 is 16.7. The molecule has 156 valence electrons. The summed E-state index contributed by atoms with van der Waals surface area (Å²) in [4.78, 5) is 4.58. The van der Waals surface area contributed by atoms with Gasteiger partial charge in [0, 0.05) is 52.7 Å². The zero-order valence-corrected chi connectivity index (χ0v) is 19.3. The van der Waals surface area contributed by atoms with Crippen molar-refractivity contribution in [2.75, 3.05) is 59.3 Å². The van der Waals surface area contributed by atoms with Crippen LogP contribution in [0.25, 0.3) is 0 Å². The number of aliphatic imine (C=N–C) groups is 1. The van der Waals surface area contributed by atoms with E-state index in [1.165, 1.54) is 0 Å². The lowest BCUT2D eigenvalue weighted by molar-refractivity contribution is 0.0205. The van der Waals surface area contributed by atoms with E-state index in [4.69, 9.17) is 14.2 Å². The van der Waals surface area contributed by atoms with E-state index in [0.717, 1.165) is 84.3 Å². The van der Waals surface area contributed by atoms with Gasteiger partial charge in [-0.3, -0.25) is 4.99 Å². The minimum Gasteiger partial charge on any atom is -0.381 e. The zero-order chi connectivity index (χ0) is 18.2. The number of guanidine groups is 1. The van der Waals surface area contributed by atoms with Crippen molar-refractivity contribution in [3.8, 4) is 0 Å². The van der Waals surface area contributed by atoms with Crippen molar-refractivity contribution in [1.29, 1.82) is 0 Å². The number of ether oxygens (including phenoxy) is 3. The highest BCUT2D eigenvalue weighted by Gasteiger charge is 2.13. The topological polar surface area (TPSA) is 64.1 Å². The van der Waals surface area contributed by atoms with Crippen molar-refractivity contribution in [1.82, 2.24) is 10.6 Å². The van der Waals surface area contributed by atoms with Gasteiger partial charge >= 0.3 is 0 Å². The monoisotopic (exact) mass is 485 g/mol. The second-order valence-corrected chi connectivity index (χ2v) is 6.97. The molecule has 6 nitrogen and oxygen atoms in total. The highest BCUT2D eigenvalue weighted by Crippen LogP contribution is 2.14. The highest BCUT2D eigenvalue weighted by molar-refractivity contribution is 14.0. The Morgan fingerprint density at radius 3 is 2.58 bits per heavy atom. The van der Waals surface area contributed by atoms with Crippen LogP contribution in [0.5, 0.6) is 0 Å². The summed E-state index contributed by atoms with van der Waals surface area (Å²) in [6.07, 6.45) is 4.32. The van der Waals surface area contributed by atoms with Gasteiger partial charge in [0.15, 0.2) is 5.96 Å². The van der Waals surface area contributed by atoms with E-state index in [1.54, 1.807) is 0 Å². The third-order valence-electron chi connectivity index (χ3n) is 4.13. The van der Waals surface area contributed by atoms with Crippen molar-refractivity contribution in [3.63, 3.8) is 0 Å². The molecule has 1 aliphatic rings. The van der Waals surface area contributed by atoms with Gasteiger partial charge in [-0.25, -0.2) is 0 Å². The molecule has 0 spiro atoms. The number of halogens is 1. The Labute approximate surface area is 177 Å². The van der Waals surface area contributed by atoms with E-state index in [9.17, 15) is 0 Å². The minimum atomic E-state index is 0. The average molecular weight is 485 g/mol. The van der Waals surface area contributed by atoms with Gasteiger partial charge in [0.25, 0.3) is 0 Å². The van der Waals surface area contributed by atoms with Gasteiger partial charge in [-0.15, -0.1) is 24.0 Å². The van der Waals surface area contributed by atoms with Gasteiger partial charge in [0.1, 0.15) is 0 Å². The molecular formula is C19H40IN3O3. The standard InChI is InChI=1S/C19H39N3O3.HI/c1-4-20-19(22-10-15-24-12-6-17(2)3)21-9-5-11-25-16-18-7-13-23-14-8-18;/h17-18H,4-16H2,1-3H3,(H2,20,21,22);1H. The summed E-state index contributed by atoms with van der Waals surface area (Å²) in [5, 5.41) is 6.57. The lowest BCUT2D eigenvalue weighted by Gasteiger charge is -2.21. The molecule has 0 saturated carbocycles. The normalized spacial score (nSPS) is 15.8. The Balaban J connectivity index is 0.00000625. The highest BCUT2D eigenvalue weighted by atomic mass is 127. The summed E-state index contributed by atoms with van der Waals surface area (Å²) in [6, 6.07) is 0. The van der Waals surface area contributed by atoms with E-state index < -0.39 is 0 Å². The summed E-state index contributed by atoms with van der Waals surface area (Å²) >= 11 is 0. The minimum absolute atomic E-state index is 0. The van der Waals surface area contributed by atoms with Crippen molar-refractivity contribution >= 4 is 29.9 Å². The first-order chi connectivity index (χ1) is 12.2. The molecule has 2 N–H and O–H groups in total. The van der Waals surface area contributed by atoms with Crippen LogP contribution in [0.1, 0.15) is 46.5 Å². The van der Waals surface area contributed by atoms with Crippen molar-refractivity contribution < 1.29 is 14.2 Å². The maximum atomic E-state index is 5.77. The molecule has 1 saturated heterocycles.